The van der Waals surface area contributed by atoms with E-state index >= 15 is 0 Å². The second-order valence-corrected chi connectivity index (χ2v) is 10.2. The zero-order valence-electron chi connectivity index (χ0n) is 21.0. The van der Waals surface area contributed by atoms with Crippen molar-refractivity contribution in [2.75, 3.05) is 19.8 Å². The molecule has 1 amide bonds. The molecule has 0 spiro atoms. The number of aryl methyl sites for hydroxylation is 1. The standard InChI is InChI=1S/C29H31N3O4S/c1-21-26-9-2-3-10-27(26)29(34)32(30-21)19-28(33)31(18-25-8-5-13-35-25)17-23-6-4-7-24(16-23)36-14-11-22-12-15-37-20-22/h2-4,6-7,9-10,12,15-16,20,25H,5,8,11,13-14,17-19H2,1H3. The molecule has 5 rings (SSSR count). The molecule has 2 aromatic heterocycles. The van der Waals surface area contributed by atoms with Crippen molar-refractivity contribution in [2.24, 2.45) is 0 Å². The number of ether oxygens (including phenoxy) is 2. The Morgan fingerprint density at radius 2 is 2.03 bits per heavy atom. The molecule has 0 saturated carbocycles. The highest BCUT2D eigenvalue weighted by atomic mass is 32.1. The molecule has 8 heteroatoms. The number of amides is 1. The molecule has 3 heterocycles. The molecule has 4 aromatic rings. The largest absolute Gasteiger partial charge is 0.493 e. The SMILES string of the molecule is Cc1nn(CC(=O)N(Cc2cccc(OCCc3ccsc3)c2)CC2CCCO2)c(=O)c2ccccc12. The third kappa shape index (κ3) is 6.26. The Morgan fingerprint density at radius 3 is 2.81 bits per heavy atom. The van der Waals surface area contributed by atoms with Crippen LogP contribution in [-0.2, 0) is 29.0 Å². The predicted molar refractivity (Wildman–Crippen MR) is 145 cm³/mol. The number of benzene rings is 2. The van der Waals surface area contributed by atoms with E-state index in [9.17, 15) is 9.59 Å². The first-order valence-electron chi connectivity index (χ1n) is 12.7. The average Bonchev–Trinajstić information content (AvgIpc) is 3.62. The molecule has 37 heavy (non-hydrogen) atoms. The molecular formula is C29H31N3O4S. The van der Waals surface area contributed by atoms with Crippen molar-refractivity contribution in [1.82, 2.24) is 14.7 Å². The van der Waals surface area contributed by atoms with E-state index in [1.54, 1.807) is 22.3 Å². The average molecular weight is 518 g/mol. The van der Waals surface area contributed by atoms with Gasteiger partial charge in [-0.3, -0.25) is 9.59 Å². The van der Waals surface area contributed by atoms with Crippen molar-refractivity contribution in [2.45, 2.75) is 45.4 Å². The van der Waals surface area contributed by atoms with Crippen molar-refractivity contribution in [3.63, 3.8) is 0 Å². The van der Waals surface area contributed by atoms with Crippen LogP contribution >= 0.6 is 11.3 Å². The first-order chi connectivity index (χ1) is 18.1. The lowest BCUT2D eigenvalue weighted by atomic mass is 10.1. The minimum atomic E-state index is -0.257. The maximum Gasteiger partial charge on any atom is 0.275 e. The van der Waals surface area contributed by atoms with Gasteiger partial charge in [0.1, 0.15) is 12.3 Å². The Kier molecular flexibility index (Phi) is 7.96. The number of hydrogen-bond donors (Lipinski definition) is 0. The first-order valence-corrected chi connectivity index (χ1v) is 13.6. The van der Waals surface area contributed by atoms with Gasteiger partial charge in [-0.15, -0.1) is 0 Å². The molecule has 0 radical (unpaired) electrons. The molecule has 0 aliphatic carbocycles. The normalized spacial score (nSPS) is 15.2. The number of thiophene rings is 1. The molecule has 1 fully saturated rings. The zero-order valence-corrected chi connectivity index (χ0v) is 21.8. The lowest BCUT2D eigenvalue weighted by molar-refractivity contribution is -0.134. The Hall–Kier alpha value is -3.49. The molecule has 0 N–H and O–H groups in total. The zero-order chi connectivity index (χ0) is 25.6. The van der Waals surface area contributed by atoms with Gasteiger partial charge in [-0.1, -0.05) is 30.3 Å². The Balaban J connectivity index is 1.31. The smallest absolute Gasteiger partial charge is 0.275 e. The van der Waals surface area contributed by atoms with Gasteiger partial charge in [0.05, 0.1) is 23.8 Å². The second kappa shape index (κ2) is 11.7. The highest BCUT2D eigenvalue weighted by Crippen LogP contribution is 2.19. The third-order valence-corrected chi connectivity index (χ3v) is 7.38. The molecule has 1 atom stereocenters. The Labute approximate surface area is 220 Å². The summed E-state index contributed by atoms with van der Waals surface area (Å²) in [5, 5.41) is 10.0. The summed E-state index contributed by atoms with van der Waals surface area (Å²) in [7, 11) is 0. The van der Waals surface area contributed by atoms with Crippen LogP contribution in [0.15, 0.2) is 70.2 Å². The van der Waals surface area contributed by atoms with Crippen molar-refractivity contribution >= 4 is 28.0 Å². The van der Waals surface area contributed by atoms with Crippen LogP contribution in [0.5, 0.6) is 5.75 Å². The van der Waals surface area contributed by atoms with Gasteiger partial charge in [-0.2, -0.15) is 16.4 Å². The van der Waals surface area contributed by atoms with Gasteiger partial charge < -0.3 is 14.4 Å². The molecule has 7 nitrogen and oxygen atoms in total. The van der Waals surface area contributed by atoms with E-state index < -0.39 is 0 Å². The molecule has 0 bridgehead atoms. The van der Waals surface area contributed by atoms with E-state index in [4.69, 9.17) is 9.47 Å². The van der Waals surface area contributed by atoms with E-state index in [0.29, 0.717) is 31.7 Å². The van der Waals surface area contributed by atoms with E-state index in [0.717, 1.165) is 41.7 Å². The number of carbonyl (C=O) groups excluding carboxylic acids is 1. The number of fused-ring (bicyclic) bond motifs is 1. The van der Waals surface area contributed by atoms with Gasteiger partial charge in [0, 0.05) is 31.5 Å². The molecular weight excluding hydrogens is 486 g/mol. The van der Waals surface area contributed by atoms with Gasteiger partial charge >= 0.3 is 0 Å². The van der Waals surface area contributed by atoms with Gasteiger partial charge in [0.25, 0.3) is 5.56 Å². The second-order valence-electron chi connectivity index (χ2n) is 9.38. The Bertz CT molecular complexity index is 1410. The lowest BCUT2D eigenvalue weighted by Gasteiger charge is -2.26. The maximum atomic E-state index is 13.5. The Morgan fingerprint density at radius 1 is 1.16 bits per heavy atom. The molecule has 1 unspecified atom stereocenters. The van der Waals surface area contributed by atoms with Gasteiger partial charge in [-0.05, 0) is 65.9 Å². The summed E-state index contributed by atoms with van der Waals surface area (Å²) < 4.78 is 13.1. The molecule has 1 aliphatic heterocycles. The number of aromatic nitrogens is 2. The summed E-state index contributed by atoms with van der Waals surface area (Å²) >= 11 is 1.68. The van der Waals surface area contributed by atoms with Crippen LogP contribution < -0.4 is 10.3 Å². The van der Waals surface area contributed by atoms with Gasteiger partial charge in [-0.25, -0.2) is 4.68 Å². The van der Waals surface area contributed by atoms with Crippen LogP contribution in [-0.4, -0.2) is 46.5 Å². The topological polar surface area (TPSA) is 73.7 Å². The summed E-state index contributed by atoms with van der Waals surface area (Å²) in [6.07, 6.45) is 2.76. The van der Waals surface area contributed by atoms with Crippen LogP contribution in [0.1, 0.15) is 29.7 Å². The van der Waals surface area contributed by atoms with E-state index in [-0.39, 0.29) is 24.1 Å². The third-order valence-electron chi connectivity index (χ3n) is 6.65. The van der Waals surface area contributed by atoms with Crippen LogP contribution in [0.2, 0.25) is 0 Å². The minimum absolute atomic E-state index is 0.00276. The summed E-state index contributed by atoms with van der Waals surface area (Å²) in [5.74, 6) is 0.615. The summed E-state index contributed by atoms with van der Waals surface area (Å²) in [4.78, 5) is 28.4. The summed E-state index contributed by atoms with van der Waals surface area (Å²) in [6.45, 7) is 3.93. The van der Waals surface area contributed by atoms with Crippen LogP contribution in [0.4, 0.5) is 0 Å². The van der Waals surface area contributed by atoms with Crippen LogP contribution in [0, 0.1) is 6.92 Å². The molecule has 2 aromatic carbocycles. The van der Waals surface area contributed by atoms with Crippen LogP contribution in [0.3, 0.4) is 0 Å². The lowest BCUT2D eigenvalue weighted by Crippen LogP contribution is -2.41. The highest BCUT2D eigenvalue weighted by Gasteiger charge is 2.24. The fourth-order valence-electron chi connectivity index (χ4n) is 4.70. The van der Waals surface area contributed by atoms with Gasteiger partial charge in [0.15, 0.2) is 0 Å². The number of rotatable bonds is 10. The number of hydrogen-bond acceptors (Lipinski definition) is 6. The van der Waals surface area contributed by atoms with E-state index in [1.165, 1.54) is 10.2 Å². The highest BCUT2D eigenvalue weighted by molar-refractivity contribution is 7.07. The quantitative estimate of drug-likeness (QED) is 0.308. The monoisotopic (exact) mass is 517 g/mol. The number of carbonyl (C=O) groups is 1. The molecule has 192 valence electrons. The van der Waals surface area contributed by atoms with Crippen molar-refractivity contribution in [1.29, 1.82) is 0 Å². The van der Waals surface area contributed by atoms with Crippen LogP contribution in [0.25, 0.3) is 10.8 Å². The fraction of sp³-hybridized carbons (Fsp3) is 0.345. The fourth-order valence-corrected chi connectivity index (χ4v) is 5.41. The molecule has 1 aliphatic rings. The van der Waals surface area contributed by atoms with Crippen molar-refractivity contribution in [3.8, 4) is 5.75 Å². The summed E-state index contributed by atoms with van der Waals surface area (Å²) in [6, 6.07) is 17.3. The van der Waals surface area contributed by atoms with E-state index in [2.05, 4.69) is 21.9 Å². The summed E-state index contributed by atoms with van der Waals surface area (Å²) in [5.41, 5.74) is 2.70. The van der Waals surface area contributed by atoms with Crippen molar-refractivity contribution in [3.05, 3.63) is 92.5 Å². The van der Waals surface area contributed by atoms with Crippen molar-refractivity contribution < 1.29 is 14.3 Å². The first kappa shape index (κ1) is 25.2. The maximum absolute atomic E-state index is 13.5. The number of nitrogens with zero attached hydrogens (tertiary/aromatic N) is 3. The van der Waals surface area contributed by atoms with E-state index in [1.807, 2.05) is 49.4 Å². The minimum Gasteiger partial charge on any atom is -0.493 e. The molecule has 1 saturated heterocycles. The predicted octanol–water partition coefficient (Wildman–Crippen LogP) is 4.60. The van der Waals surface area contributed by atoms with Gasteiger partial charge in [0.2, 0.25) is 5.91 Å².